The van der Waals surface area contributed by atoms with E-state index >= 15 is 0 Å². The minimum absolute atomic E-state index is 0.283. The number of hydrogen-bond donors (Lipinski definition) is 1. The Morgan fingerprint density at radius 2 is 1.60 bits per heavy atom. The van der Waals surface area contributed by atoms with Crippen molar-refractivity contribution in [3.8, 4) is 29.2 Å². The largest absolute Gasteiger partial charge is 0.507 e. The number of rotatable bonds is 1. The molecule has 0 atom stereocenters. The van der Waals surface area contributed by atoms with Gasteiger partial charge in [-0.2, -0.15) is 0 Å². The molecule has 0 spiro atoms. The molecule has 0 aromatic heterocycles. The molecule has 0 bridgehead atoms. The van der Waals surface area contributed by atoms with E-state index in [-0.39, 0.29) is 5.75 Å². The Hall–Kier alpha value is -2.20. The van der Waals surface area contributed by atoms with Gasteiger partial charge in [0.2, 0.25) is 0 Å². The molecule has 72 valence electrons. The van der Waals surface area contributed by atoms with Crippen LogP contribution in [0.15, 0.2) is 48.5 Å². The SMILES string of the molecule is C#Cc1ccc(-c2ccccc2O)cc1. The summed E-state index contributed by atoms with van der Waals surface area (Å²) in [6, 6.07) is 14.8. The maximum atomic E-state index is 9.65. The van der Waals surface area contributed by atoms with Crippen LogP contribution < -0.4 is 0 Å². The number of phenolic OH excluding ortho intramolecular Hbond substituents is 1. The highest BCUT2D eigenvalue weighted by atomic mass is 16.3. The smallest absolute Gasteiger partial charge is 0.123 e. The number of hydrogen-bond acceptors (Lipinski definition) is 1. The molecule has 0 radical (unpaired) electrons. The van der Waals surface area contributed by atoms with Crippen LogP contribution in [0.25, 0.3) is 11.1 Å². The zero-order valence-corrected chi connectivity index (χ0v) is 8.14. The second-order valence-electron chi connectivity index (χ2n) is 3.24. The summed E-state index contributed by atoms with van der Waals surface area (Å²) < 4.78 is 0. The van der Waals surface area contributed by atoms with Gasteiger partial charge in [0.1, 0.15) is 5.75 Å². The Kier molecular flexibility index (Phi) is 2.43. The lowest BCUT2D eigenvalue weighted by Gasteiger charge is -2.03. The normalized spacial score (nSPS) is 9.53. The van der Waals surface area contributed by atoms with Gasteiger partial charge in [0.15, 0.2) is 0 Å². The molecule has 0 amide bonds. The molecule has 1 nitrogen and oxygen atoms in total. The summed E-state index contributed by atoms with van der Waals surface area (Å²) in [7, 11) is 0. The fourth-order valence-corrected chi connectivity index (χ4v) is 1.46. The van der Waals surface area contributed by atoms with Crippen LogP contribution in [0.3, 0.4) is 0 Å². The van der Waals surface area contributed by atoms with Crippen molar-refractivity contribution in [2.45, 2.75) is 0 Å². The van der Waals surface area contributed by atoms with Gasteiger partial charge in [-0.25, -0.2) is 0 Å². The first-order valence-electron chi connectivity index (χ1n) is 4.66. The molecule has 0 aliphatic heterocycles. The summed E-state index contributed by atoms with van der Waals surface area (Å²) in [6.45, 7) is 0. The molecule has 0 heterocycles. The van der Waals surface area contributed by atoms with Crippen molar-refractivity contribution in [1.82, 2.24) is 0 Å². The highest BCUT2D eigenvalue weighted by Crippen LogP contribution is 2.28. The fourth-order valence-electron chi connectivity index (χ4n) is 1.46. The summed E-state index contributed by atoms with van der Waals surface area (Å²) >= 11 is 0. The van der Waals surface area contributed by atoms with Crippen LogP contribution in [-0.4, -0.2) is 5.11 Å². The molecule has 0 aliphatic rings. The van der Waals surface area contributed by atoms with E-state index in [4.69, 9.17) is 6.42 Å². The second kappa shape index (κ2) is 3.89. The van der Waals surface area contributed by atoms with Gasteiger partial charge < -0.3 is 5.11 Å². The van der Waals surface area contributed by atoms with Crippen LogP contribution >= 0.6 is 0 Å². The third-order valence-corrected chi connectivity index (χ3v) is 2.27. The molecule has 2 aromatic carbocycles. The molecule has 0 saturated carbocycles. The van der Waals surface area contributed by atoms with Gasteiger partial charge in [-0.05, 0) is 23.8 Å². The molecule has 1 N–H and O–H groups in total. The summed E-state index contributed by atoms with van der Waals surface area (Å²) in [5.74, 6) is 2.84. The Morgan fingerprint density at radius 1 is 0.933 bits per heavy atom. The van der Waals surface area contributed by atoms with Gasteiger partial charge >= 0.3 is 0 Å². The third kappa shape index (κ3) is 1.84. The van der Waals surface area contributed by atoms with Crippen molar-refractivity contribution < 1.29 is 5.11 Å². The molecular formula is C14H10O. The topological polar surface area (TPSA) is 20.2 Å². The van der Waals surface area contributed by atoms with Crippen LogP contribution in [0, 0.1) is 12.3 Å². The van der Waals surface area contributed by atoms with Crippen molar-refractivity contribution in [2.24, 2.45) is 0 Å². The molecular weight excluding hydrogens is 184 g/mol. The van der Waals surface area contributed by atoms with E-state index in [1.165, 1.54) is 0 Å². The fraction of sp³-hybridized carbons (Fsp3) is 0. The monoisotopic (exact) mass is 194 g/mol. The Bertz CT molecular complexity index is 504. The highest BCUT2D eigenvalue weighted by Gasteiger charge is 2.01. The standard InChI is InChI=1S/C14H10O/c1-2-11-7-9-12(10-8-11)13-5-3-4-6-14(13)15/h1,3-10,15H. The van der Waals surface area contributed by atoms with Gasteiger partial charge in [-0.1, -0.05) is 36.3 Å². The number of terminal acetylenes is 1. The van der Waals surface area contributed by atoms with E-state index in [9.17, 15) is 5.11 Å². The number of aromatic hydroxyl groups is 1. The van der Waals surface area contributed by atoms with E-state index < -0.39 is 0 Å². The average Bonchev–Trinajstić information content (AvgIpc) is 2.30. The van der Waals surface area contributed by atoms with Crippen LogP contribution in [0.2, 0.25) is 0 Å². The average molecular weight is 194 g/mol. The molecule has 1 heteroatoms. The highest BCUT2D eigenvalue weighted by molar-refractivity contribution is 5.70. The van der Waals surface area contributed by atoms with Crippen LogP contribution in [0.4, 0.5) is 0 Å². The minimum Gasteiger partial charge on any atom is -0.507 e. The Balaban J connectivity index is 2.47. The maximum Gasteiger partial charge on any atom is 0.123 e. The van der Waals surface area contributed by atoms with E-state index in [1.807, 2.05) is 36.4 Å². The first-order valence-corrected chi connectivity index (χ1v) is 4.66. The number of benzene rings is 2. The van der Waals surface area contributed by atoms with E-state index in [0.717, 1.165) is 16.7 Å². The molecule has 0 fully saturated rings. The molecule has 0 unspecified atom stereocenters. The van der Waals surface area contributed by atoms with Crippen molar-refractivity contribution >= 4 is 0 Å². The predicted octanol–water partition coefficient (Wildman–Crippen LogP) is 3.04. The van der Waals surface area contributed by atoms with Crippen molar-refractivity contribution in [3.05, 3.63) is 54.1 Å². The lowest BCUT2D eigenvalue weighted by molar-refractivity contribution is 0.477. The third-order valence-electron chi connectivity index (χ3n) is 2.27. The Morgan fingerprint density at radius 3 is 2.20 bits per heavy atom. The molecule has 2 aromatic rings. The van der Waals surface area contributed by atoms with Gasteiger partial charge in [-0.15, -0.1) is 6.42 Å². The first kappa shape index (κ1) is 9.36. The zero-order chi connectivity index (χ0) is 10.7. The Labute approximate surface area is 89.0 Å². The quantitative estimate of drug-likeness (QED) is 0.692. The molecule has 0 saturated heterocycles. The van der Waals surface area contributed by atoms with E-state index in [2.05, 4.69) is 5.92 Å². The van der Waals surface area contributed by atoms with Crippen molar-refractivity contribution in [1.29, 1.82) is 0 Å². The zero-order valence-electron chi connectivity index (χ0n) is 8.14. The van der Waals surface area contributed by atoms with Gasteiger partial charge in [0, 0.05) is 11.1 Å². The summed E-state index contributed by atoms with van der Waals surface area (Å²) in [4.78, 5) is 0. The predicted molar refractivity (Wildman–Crippen MR) is 61.5 cm³/mol. The number of para-hydroxylation sites is 1. The lowest BCUT2D eigenvalue weighted by Crippen LogP contribution is -1.79. The van der Waals surface area contributed by atoms with Crippen LogP contribution in [0.5, 0.6) is 5.75 Å². The maximum absolute atomic E-state index is 9.65. The minimum atomic E-state index is 0.283. The van der Waals surface area contributed by atoms with Gasteiger partial charge in [0.05, 0.1) is 0 Å². The summed E-state index contributed by atoms with van der Waals surface area (Å²) in [5, 5.41) is 9.65. The van der Waals surface area contributed by atoms with Crippen LogP contribution in [0.1, 0.15) is 5.56 Å². The summed E-state index contributed by atoms with van der Waals surface area (Å²) in [5.41, 5.74) is 2.63. The van der Waals surface area contributed by atoms with E-state index in [0.29, 0.717) is 0 Å². The first-order chi connectivity index (χ1) is 7.31. The summed E-state index contributed by atoms with van der Waals surface area (Å²) in [6.07, 6.45) is 5.27. The number of phenols is 1. The van der Waals surface area contributed by atoms with E-state index in [1.54, 1.807) is 12.1 Å². The lowest BCUT2D eigenvalue weighted by atomic mass is 10.0. The van der Waals surface area contributed by atoms with Gasteiger partial charge in [-0.3, -0.25) is 0 Å². The molecule has 2 rings (SSSR count). The molecule has 0 aliphatic carbocycles. The van der Waals surface area contributed by atoms with Crippen molar-refractivity contribution in [2.75, 3.05) is 0 Å². The van der Waals surface area contributed by atoms with Crippen LogP contribution in [-0.2, 0) is 0 Å². The second-order valence-corrected chi connectivity index (χ2v) is 3.24. The van der Waals surface area contributed by atoms with Gasteiger partial charge in [0.25, 0.3) is 0 Å². The van der Waals surface area contributed by atoms with Crippen molar-refractivity contribution in [3.63, 3.8) is 0 Å². The molecule has 15 heavy (non-hydrogen) atoms.